The van der Waals surface area contributed by atoms with Crippen LogP contribution in [0.3, 0.4) is 0 Å². The number of ether oxygens (including phenoxy) is 3. The highest BCUT2D eigenvalue weighted by molar-refractivity contribution is 6.35. The van der Waals surface area contributed by atoms with Gasteiger partial charge in [-0.1, -0.05) is 54.7 Å². The van der Waals surface area contributed by atoms with Crippen molar-refractivity contribution < 1.29 is 14.2 Å². The Kier molecular flexibility index (Phi) is 9.25. The first-order chi connectivity index (χ1) is 18.5. The summed E-state index contributed by atoms with van der Waals surface area (Å²) in [6.45, 7) is 10.2. The molecule has 0 bridgehead atoms. The number of hydrogen-bond acceptors (Lipinski definition) is 6. The first kappa shape index (κ1) is 27.4. The van der Waals surface area contributed by atoms with Crippen LogP contribution in [-0.4, -0.2) is 71.4 Å². The Balaban J connectivity index is 1.15. The molecule has 1 aromatic heterocycles. The van der Waals surface area contributed by atoms with E-state index in [1.54, 1.807) is 24.7 Å². The lowest BCUT2D eigenvalue weighted by atomic mass is 10.1. The number of aromatic nitrogens is 2. The van der Waals surface area contributed by atoms with Crippen LogP contribution in [0, 0.1) is 0 Å². The molecule has 3 heterocycles. The maximum Gasteiger partial charge on any atom is 0.215 e. The quantitative estimate of drug-likeness (QED) is 0.311. The monoisotopic (exact) mass is 558 g/mol. The molecule has 0 saturated carbocycles. The summed E-state index contributed by atoms with van der Waals surface area (Å²) in [6, 6.07) is 13.7. The van der Waals surface area contributed by atoms with Gasteiger partial charge in [0.15, 0.2) is 0 Å². The highest BCUT2D eigenvalue weighted by Gasteiger charge is 2.45. The first-order valence-electron chi connectivity index (χ1n) is 13.4. The molecule has 2 unspecified atom stereocenters. The van der Waals surface area contributed by atoms with Gasteiger partial charge in [-0.2, -0.15) is 0 Å². The number of piperazine rings is 1. The third-order valence-corrected chi connectivity index (χ3v) is 7.76. The van der Waals surface area contributed by atoms with E-state index in [0.29, 0.717) is 29.8 Å². The summed E-state index contributed by atoms with van der Waals surface area (Å²) in [7, 11) is 0. The van der Waals surface area contributed by atoms with Crippen LogP contribution in [0.25, 0.3) is 0 Å². The molecule has 2 aromatic carbocycles. The van der Waals surface area contributed by atoms with Crippen molar-refractivity contribution in [2.75, 3.05) is 45.9 Å². The maximum atomic E-state index is 6.57. The summed E-state index contributed by atoms with van der Waals surface area (Å²) in [5.74, 6) is -0.237. The van der Waals surface area contributed by atoms with E-state index in [-0.39, 0.29) is 6.10 Å². The summed E-state index contributed by atoms with van der Waals surface area (Å²) >= 11 is 12.7. The molecule has 3 aromatic rings. The van der Waals surface area contributed by atoms with Crippen LogP contribution >= 0.6 is 23.2 Å². The fourth-order valence-electron chi connectivity index (χ4n) is 5.07. The number of unbranched alkanes of at least 4 members (excludes halogenated alkanes) is 1. The van der Waals surface area contributed by atoms with E-state index >= 15 is 0 Å². The van der Waals surface area contributed by atoms with Gasteiger partial charge in [0, 0.05) is 55.7 Å². The minimum Gasteiger partial charge on any atom is -0.491 e. The molecular formula is C29H36Cl2N4O3. The van der Waals surface area contributed by atoms with Gasteiger partial charge in [0.2, 0.25) is 5.79 Å². The summed E-state index contributed by atoms with van der Waals surface area (Å²) in [4.78, 5) is 9.26. The van der Waals surface area contributed by atoms with Gasteiger partial charge in [0.1, 0.15) is 18.5 Å². The second-order valence-corrected chi connectivity index (χ2v) is 10.9. The molecular weight excluding hydrogens is 523 g/mol. The van der Waals surface area contributed by atoms with E-state index in [0.717, 1.165) is 44.0 Å². The summed E-state index contributed by atoms with van der Waals surface area (Å²) in [6.07, 6.45) is 7.63. The molecule has 2 aliphatic rings. The van der Waals surface area contributed by atoms with Crippen molar-refractivity contribution >= 4 is 23.2 Å². The van der Waals surface area contributed by atoms with Crippen LogP contribution in [0.15, 0.2) is 61.2 Å². The van der Waals surface area contributed by atoms with Gasteiger partial charge >= 0.3 is 0 Å². The molecule has 2 aliphatic heterocycles. The first-order valence-corrected chi connectivity index (χ1v) is 14.2. The predicted octanol–water partition coefficient (Wildman–Crippen LogP) is 5.46. The van der Waals surface area contributed by atoms with Crippen molar-refractivity contribution in [2.45, 2.75) is 44.7 Å². The number of rotatable bonds is 11. The van der Waals surface area contributed by atoms with Gasteiger partial charge in [0.05, 0.1) is 24.5 Å². The number of imidazole rings is 1. The van der Waals surface area contributed by atoms with Crippen molar-refractivity contribution in [2.24, 2.45) is 0 Å². The van der Waals surface area contributed by atoms with Gasteiger partial charge in [0.25, 0.3) is 0 Å². The van der Waals surface area contributed by atoms with Crippen LogP contribution in [-0.2, 0) is 28.4 Å². The maximum absolute atomic E-state index is 6.57. The SMILES string of the molecule is CCCCN1CCN(Cc2ccc(OCC3COC(Cn4ccnc4)(c4ccc(Cl)cc4Cl)O3)cc2)CC1. The van der Waals surface area contributed by atoms with Gasteiger partial charge < -0.3 is 23.7 Å². The molecule has 0 amide bonds. The molecule has 9 heteroatoms. The van der Waals surface area contributed by atoms with Gasteiger partial charge in [-0.25, -0.2) is 4.98 Å². The molecule has 204 valence electrons. The molecule has 0 aliphatic carbocycles. The fraction of sp³-hybridized carbons (Fsp3) is 0.483. The number of hydrogen-bond donors (Lipinski definition) is 0. The van der Waals surface area contributed by atoms with Gasteiger partial charge in [-0.05, 0) is 42.8 Å². The second kappa shape index (κ2) is 12.8. The Labute approximate surface area is 235 Å². The van der Waals surface area contributed by atoms with E-state index in [9.17, 15) is 0 Å². The lowest BCUT2D eigenvalue weighted by Gasteiger charge is -2.34. The van der Waals surface area contributed by atoms with Crippen molar-refractivity contribution in [1.82, 2.24) is 19.4 Å². The third-order valence-electron chi connectivity index (χ3n) is 7.21. The standard InChI is InChI=1S/C29H36Cl2N4O3/c1-2-3-11-33-13-15-34(16-14-33)18-23-4-7-25(8-5-23)36-19-26-20-37-29(38-26,21-35-12-10-32-22-35)27-9-6-24(30)17-28(27)31/h4-10,12,17,22,26H,2-3,11,13-16,18-21H2,1H3. The molecule has 0 spiro atoms. The van der Waals surface area contributed by atoms with Crippen molar-refractivity contribution in [3.63, 3.8) is 0 Å². The van der Waals surface area contributed by atoms with Crippen molar-refractivity contribution in [3.8, 4) is 5.75 Å². The number of benzene rings is 2. The number of halogens is 2. The van der Waals surface area contributed by atoms with E-state index in [2.05, 4.69) is 33.8 Å². The zero-order valence-electron chi connectivity index (χ0n) is 21.9. The molecule has 2 atom stereocenters. The minimum atomic E-state index is -1.05. The Bertz CT molecular complexity index is 1150. The molecule has 0 N–H and O–H groups in total. The van der Waals surface area contributed by atoms with Crippen LogP contribution < -0.4 is 4.74 Å². The molecule has 0 radical (unpaired) electrons. The lowest BCUT2D eigenvalue weighted by Crippen LogP contribution is -2.46. The fourth-order valence-corrected chi connectivity index (χ4v) is 5.62. The zero-order chi connectivity index (χ0) is 26.4. The molecule has 2 fully saturated rings. The highest BCUT2D eigenvalue weighted by Crippen LogP contribution is 2.40. The summed E-state index contributed by atoms with van der Waals surface area (Å²) in [5, 5.41) is 1.06. The van der Waals surface area contributed by atoms with Crippen LogP contribution in [0.2, 0.25) is 10.0 Å². The normalized spacial score (nSPS) is 22.7. The van der Waals surface area contributed by atoms with E-state index in [1.165, 1.54) is 24.9 Å². The van der Waals surface area contributed by atoms with Gasteiger partial charge in [-0.3, -0.25) is 4.90 Å². The summed E-state index contributed by atoms with van der Waals surface area (Å²) < 4.78 is 20.8. The Morgan fingerprint density at radius 1 is 1.05 bits per heavy atom. The Hall–Kier alpha value is -2.13. The highest BCUT2D eigenvalue weighted by atomic mass is 35.5. The molecule has 2 saturated heterocycles. The van der Waals surface area contributed by atoms with Crippen molar-refractivity contribution in [3.05, 3.63) is 82.4 Å². The minimum absolute atomic E-state index is 0.256. The topological polar surface area (TPSA) is 52.0 Å². The molecule has 7 nitrogen and oxygen atoms in total. The van der Waals surface area contributed by atoms with Gasteiger partial charge in [-0.15, -0.1) is 0 Å². The largest absolute Gasteiger partial charge is 0.491 e. The van der Waals surface area contributed by atoms with Crippen molar-refractivity contribution in [1.29, 1.82) is 0 Å². The zero-order valence-corrected chi connectivity index (χ0v) is 23.4. The number of nitrogens with zero attached hydrogens (tertiary/aromatic N) is 4. The third kappa shape index (κ3) is 6.89. The summed E-state index contributed by atoms with van der Waals surface area (Å²) in [5.41, 5.74) is 2.03. The Morgan fingerprint density at radius 2 is 1.84 bits per heavy atom. The van der Waals surface area contributed by atoms with E-state index in [1.807, 2.05) is 29.0 Å². The lowest BCUT2D eigenvalue weighted by molar-refractivity contribution is -0.189. The van der Waals surface area contributed by atoms with Crippen LogP contribution in [0.1, 0.15) is 30.9 Å². The van der Waals surface area contributed by atoms with Crippen LogP contribution in [0.5, 0.6) is 5.75 Å². The second-order valence-electron chi connectivity index (χ2n) is 10.1. The average molecular weight is 560 g/mol. The van der Waals surface area contributed by atoms with Crippen LogP contribution in [0.4, 0.5) is 0 Å². The average Bonchev–Trinajstić information content (AvgIpc) is 3.58. The molecule has 38 heavy (non-hydrogen) atoms. The van der Waals surface area contributed by atoms with E-state index < -0.39 is 5.79 Å². The van der Waals surface area contributed by atoms with E-state index in [4.69, 9.17) is 37.4 Å². The Morgan fingerprint density at radius 3 is 2.55 bits per heavy atom. The smallest absolute Gasteiger partial charge is 0.215 e. The predicted molar refractivity (Wildman–Crippen MR) is 150 cm³/mol. The molecule has 5 rings (SSSR count).